The van der Waals surface area contributed by atoms with Crippen molar-refractivity contribution in [3.63, 3.8) is 0 Å². The van der Waals surface area contributed by atoms with Crippen molar-refractivity contribution in [2.45, 2.75) is 44.9 Å². The average Bonchev–Trinajstić information content (AvgIpc) is 3.00. The Morgan fingerprint density at radius 3 is 2.86 bits per heavy atom. The van der Waals surface area contributed by atoms with E-state index in [0.29, 0.717) is 12.1 Å². The number of para-hydroxylation sites is 1. The normalized spacial score (nSPS) is 37.9. The second-order valence-corrected chi connectivity index (χ2v) is 7.64. The zero-order valence-corrected chi connectivity index (χ0v) is 13.3. The predicted octanol–water partition coefficient (Wildman–Crippen LogP) is 2.83. The Balaban J connectivity index is 1.68. The molecule has 3 nitrogen and oxygen atoms in total. The smallest absolute Gasteiger partial charge is 0.124 e. The van der Waals surface area contributed by atoms with Gasteiger partial charge in [-0.25, -0.2) is 0 Å². The Labute approximate surface area is 127 Å². The lowest BCUT2D eigenvalue weighted by atomic mass is 9.88. The van der Waals surface area contributed by atoms with Crippen LogP contribution >= 0.6 is 0 Å². The number of hydrogen-bond acceptors (Lipinski definition) is 3. The number of nitrogens with zero attached hydrogens (tertiary/aromatic N) is 1. The van der Waals surface area contributed by atoms with Crippen LogP contribution in [0.15, 0.2) is 24.3 Å². The Morgan fingerprint density at radius 2 is 2.05 bits per heavy atom. The summed E-state index contributed by atoms with van der Waals surface area (Å²) < 4.78 is 6.20. The van der Waals surface area contributed by atoms with Gasteiger partial charge in [0.15, 0.2) is 0 Å². The Bertz CT molecular complexity index is 542. The molecule has 4 unspecified atom stereocenters. The van der Waals surface area contributed by atoms with E-state index in [0.717, 1.165) is 24.0 Å². The third kappa shape index (κ3) is 2.18. The molecular weight excluding hydrogens is 260 g/mol. The van der Waals surface area contributed by atoms with Gasteiger partial charge in [0.2, 0.25) is 0 Å². The molecule has 4 atom stereocenters. The summed E-state index contributed by atoms with van der Waals surface area (Å²) in [6.07, 6.45) is 1.08. The maximum absolute atomic E-state index is 6.20. The fourth-order valence-corrected chi connectivity index (χ4v) is 4.67. The van der Waals surface area contributed by atoms with Crippen molar-refractivity contribution in [2.24, 2.45) is 11.8 Å². The molecular formula is C18H26N2O. The molecule has 3 aliphatic rings. The Morgan fingerprint density at radius 1 is 1.24 bits per heavy atom. The molecule has 1 N–H and O–H groups in total. The zero-order chi connectivity index (χ0) is 14.6. The van der Waals surface area contributed by atoms with E-state index in [-0.39, 0.29) is 5.60 Å². The summed E-state index contributed by atoms with van der Waals surface area (Å²) in [5.41, 5.74) is 1.31. The molecule has 0 bridgehead atoms. The van der Waals surface area contributed by atoms with Crippen LogP contribution in [-0.2, 0) is 0 Å². The lowest BCUT2D eigenvalue weighted by Crippen LogP contribution is -2.44. The second kappa shape index (κ2) is 4.72. The van der Waals surface area contributed by atoms with Gasteiger partial charge in [0.25, 0.3) is 0 Å². The van der Waals surface area contributed by atoms with Crippen LogP contribution < -0.4 is 10.1 Å². The molecule has 0 radical (unpaired) electrons. The van der Waals surface area contributed by atoms with Gasteiger partial charge in [-0.05, 0) is 51.8 Å². The van der Waals surface area contributed by atoms with E-state index in [1.807, 2.05) is 0 Å². The van der Waals surface area contributed by atoms with Crippen LogP contribution in [0.1, 0.15) is 38.8 Å². The first-order valence-electron chi connectivity index (χ1n) is 8.29. The standard InChI is InChI=1S/C18H26N2O/c1-12-15-10-19-9-13(15)11-20(12)16-8-18(2,3)21-17-7-5-4-6-14(16)17/h4-7,12-13,15-16,19H,8-11H2,1-3H3. The van der Waals surface area contributed by atoms with Gasteiger partial charge in [0.05, 0.1) is 0 Å². The topological polar surface area (TPSA) is 24.5 Å². The van der Waals surface area contributed by atoms with Crippen LogP contribution in [0.3, 0.4) is 0 Å². The maximum Gasteiger partial charge on any atom is 0.124 e. The highest BCUT2D eigenvalue weighted by atomic mass is 16.5. The van der Waals surface area contributed by atoms with Crippen LogP contribution in [0.5, 0.6) is 5.75 Å². The molecule has 0 saturated carbocycles. The van der Waals surface area contributed by atoms with Crippen molar-refractivity contribution < 1.29 is 4.74 Å². The summed E-state index contributed by atoms with van der Waals surface area (Å²) in [4.78, 5) is 2.75. The molecule has 114 valence electrons. The number of rotatable bonds is 1. The van der Waals surface area contributed by atoms with Crippen molar-refractivity contribution in [1.29, 1.82) is 0 Å². The van der Waals surface area contributed by atoms with E-state index in [2.05, 4.69) is 55.3 Å². The van der Waals surface area contributed by atoms with Crippen LogP contribution in [0, 0.1) is 11.8 Å². The SMILES string of the molecule is CC1C2CNCC2CN1C1CC(C)(C)Oc2ccccc21. The highest BCUT2D eigenvalue weighted by Crippen LogP contribution is 2.46. The minimum Gasteiger partial charge on any atom is -0.487 e. The summed E-state index contributed by atoms with van der Waals surface area (Å²) >= 11 is 0. The molecule has 1 aromatic rings. The average molecular weight is 286 g/mol. The number of benzene rings is 1. The van der Waals surface area contributed by atoms with Gasteiger partial charge in [-0.1, -0.05) is 18.2 Å². The van der Waals surface area contributed by atoms with Gasteiger partial charge < -0.3 is 10.1 Å². The molecule has 0 amide bonds. The minimum atomic E-state index is -0.0747. The number of nitrogens with one attached hydrogen (secondary N) is 1. The van der Waals surface area contributed by atoms with Gasteiger partial charge >= 0.3 is 0 Å². The minimum absolute atomic E-state index is 0.0747. The van der Waals surface area contributed by atoms with Gasteiger partial charge in [-0.3, -0.25) is 4.90 Å². The van der Waals surface area contributed by atoms with Crippen molar-refractivity contribution >= 4 is 0 Å². The molecule has 0 spiro atoms. The molecule has 3 heterocycles. The number of likely N-dealkylation sites (tertiary alicyclic amines) is 1. The van der Waals surface area contributed by atoms with E-state index < -0.39 is 0 Å². The lowest BCUT2D eigenvalue weighted by molar-refractivity contribution is 0.0241. The van der Waals surface area contributed by atoms with Gasteiger partial charge in [-0.15, -0.1) is 0 Å². The third-order valence-electron chi connectivity index (χ3n) is 5.73. The number of fused-ring (bicyclic) bond motifs is 2. The van der Waals surface area contributed by atoms with Crippen LogP contribution in [0.4, 0.5) is 0 Å². The van der Waals surface area contributed by atoms with Gasteiger partial charge in [0.1, 0.15) is 11.4 Å². The van der Waals surface area contributed by atoms with E-state index in [1.54, 1.807) is 0 Å². The molecule has 2 fully saturated rings. The molecule has 4 rings (SSSR count). The summed E-state index contributed by atoms with van der Waals surface area (Å²) in [7, 11) is 0. The second-order valence-electron chi connectivity index (χ2n) is 7.64. The molecule has 1 aromatic carbocycles. The summed E-state index contributed by atoms with van der Waals surface area (Å²) in [5, 5.41) is 3.56. The largest absolute Gasteiger partial charge is 0.487 e. The van der Waals surface area contributed by atoms with Crippen LogP contribution in [0.2, 0.25) is 0 Å². The predicted molar refractivity (Wildman–Crippen MR) is 84.5 cm³/mol. The lowest BCUT2D eigenvalue weighted by Gasteiger charge is -2.43. The van der Waals surface area contributed by atoms with E-state index in [4.69, 9.17) is 4.74 Å². The highest BCUT2D eigenvalue weighted by Gasteiger charge is 2.47. The van der Waals surface area contributed by atoms with Crippen LogP contribution in [-0.4, -0.2) is 36.2 Å². The summed E-state index contributed by atoms with van der Waals surface area (Å²) in [5.74, 6) is 2.74. The zero-order valence-electron chi connectivity index (χ0n) is 13.3. The fraction of sp³-hybridized carbons (Fsp3) is 0.667. The van der Waals surface area contributed by atoms with E-state index in [9.17, 15) is 0 Å². The van der Waals surface area contributed by atoms with Crippen molar-refractivity contribution in [1.82, 2.24) is 10.2 Å². The van der Waals surface area contributed by atoms with E-state index >= 15 is 0 Å². The maximum atomic E-state index is 6.20. The molecule has 3 heteroatoms. The van der Waals surface area contributed by atoms with E-state index in [1.165, 1.54) is 25.2 Å². The quantitative estimate of drug-likeness (QED) is 0.859. The molecule has 0 aromatic heterocycles. The number of hydrogen-bond donors (Lipinski definition) is 1. The first-order chi connectivity index (χ1) is 10.1. The monoisotopic (exact) mass is 286 g/mol. The molecule has 2 saturated heterocycles. The van der Waals surface area contributed by atoms with Gasteiger partial charge in [-0.2, -0.15) is 0 Å². The molecule has 21 heavy (non-hydrogen) atoms. The third-order valence-corrected chi connectivity index (χ3v) is 5.73. The van der Waals surface area contributed by atoms with Crippen molar-refractivity contribution in [2.75, 3.05) is 19.6 Å². The molecule has 3 aliphatic heterocycles. The summed E-state index contributed by atoms with van der Waals surface area (Å²) in [6.45, 7) is 10.5. The first-order valence-corrected chi connectivity index (χ1v) is 8.29. The molecule has 0 aliphatic carbocycles. The van der Waals surface area contributed by atoms with Crippen LogP contribution in [0.25, 0.3) is 0 Å². The Hall–Kier alpha value is -1.06. The Kier molecular flexibility index (Phi) is 3.05. The first kappa shape index (κ1) is 13.6. The highest BCUT2D eigenvalue weighted by molar-refractivity contribution is 5.39. The van der Waals surface area contributed by atoms with Crippen molar-refractivity contribution in [3.05, 3.63) is 29.8 Å². The van der Waals surface area contributed by atoms with Gasteiger partial charge in [0, 0.05) is 30.6 Å². The summed E-state index contributed by atoms with van der Waals surface area (Å²) in [6, 6.07) is 9.79. The fourth-order valence-electron chi connectivity index (χ4n) is 4.67. The van der Waals surface area contributed by atoms with Crippen molar-refractivity contribution in [3.8, 4) is 5.75 Å². The number of ether oxygens (including phenoxy) is 1.